The lowest BCUT2D eigenvalue weighted by atomic mass is 10.1. The van der Waals surface area contributed by atoms with Crippen molar-refractivity contribution in [2.45, 2.75) is 12.5 Å². The van der Waals surface area contributed by atoms with Crippen LogP contribution >= 0.6 is 0 Å². The maximum Gasteiger partial charge on any atom is 0.271 e. The Balaban J connectivity index is 2.56. The Hall–Kier alpha value is -1.73. The van der Waals surface area contributed by atoms with Crippen LogP contribution in [0.2, 0.25) is 0 Å². The van der Waals surface area contributed by atoms with Gasteiger partial charge in [0.1, 0.15) is 5.69 Å². The fourth-order valence-corrected chi connectivity index (χ4v) is 1.57. The molecule has 100 valence electrons. The number of amides is 1. The van der Waals surface area contributed by atoms with Gasteiger partial charge in [0.05, 0.1) is 5.60 Å². The molecule has 1 amide bonds. The van der Waals surface area contributed by atoms with Crippen molar-refractivity contribution in [1.82, 2.24) is 20.4 Å². The van der Waals surface area contributed by atoms with Crippen LogP contribution in [0.15, 0.2) is 16.9 Å². The molecule has 0 aromatic carbocycles. The zero-order chi connectivity index (χ0) is 13.8. The smallest absolute Gasteiger partial charge is 0.271 e. The van der Waals surface area contributed by atoms with E-state index in [1.807, 2.05) is 19.0 Å². The van der Waals surface area contributed by atoms with Crippen molar-refractivity contribution in [2.75, 3.05) is 27.2 Å². The van der Waals surface area contributed by atoms with Gasteiger partial charge in [-0.3, -0.25) is 9.59 Å². The van der Waals surface area contributed by atoms with E-state index in [2.05, 4.69) is 15.5 Å². The van der Waals surface area contributed by atoms with Crippen LogP contribution in [-0.2, 0) is 0 Å². The van der Waals surface area contributed by atoms with E-state index < -0.39 is 11.5 Å². The molecular weight excluding hydrogens is 236 g/mol. The normalized spacial score (nSPS) is 14.3. The Morgan fingerprint density at radius 1 is 1.56 bits per heavy atom. The molecule has 0 aliphatic rings. The average molecular weight is 254 g/mol. The van der Waals surface area contributed by atoms with Gasteiger partial charge < -0.3 is 15.3 Å². The summed E-state index contributed by atoms with van der Waals surface area (Å²) in [7, 11) is 3.67. The molecule has 0 bridgehead atoms. The van der Waals surface area contributed by atoms with Crippen molar-refractivity contribution in [3.05, 3.63) is 28.2 Å². The number of aromatic nitrogens is 2. The number of likely N-dealkylation sites (N-methyl/N-ethyl adjacent to an activating group) is 1. The first-order chi connectivity index (χ1) is 8.30. The minimum absolute atomic E-state index is 0.102. The van der Waals surface area contributed by atoms with Gasteiger partial charge in [-0.25, -0.2) is 5.10 Å². The number of H-pyrrole nitrogens is 1. The van der Waals surface area contributed by atoms with Crippen LogP contribution in [0.25, 0.3) is 0 Å². The first kappa shape index (κ1) is 14.3. The molecule has 3 N–H and O–H groups in total. The van der Waals surface area contributed by atoms with Crippen LogP contribution in [-0.4, -0.2) is 58.9 Å². The predicted octanol–water partition coefficient (Wildman–Crippen LogP) is -1.19. The van der Waals surface area contributed by atoms with Gasteiger partial charge in [-0.05, 0) is 27.1 Å². The lowest BCUT2D eigenvalue weighted by Gasteiger charge is -2.26. The maximum absolute atomic E-state index is 11.7. The number of aliphatic hydroxyl groups is 1. The zero-order valence-electron chi connectivity index (χ0n) is 10.7. The van der Waals surface area contributed by atoms with Crippen LogP contribution < -0.4 is 10.9 Å². The number of nitrogens with zero attached hydrogens (tertiary/aromatic N) is 2. The standard InChI is InChI=1S/C11H18N4O3/c1-11(18,7-15(2)3)6-12-10(17)8-4-5-9(16)14-13-8/h4-5,18H,6-7H2,1-3H3,(H,12,17)(H,14,16). The number of rotatable bonds is 5. The number of hydrogen-bond acceptors (Lipinski definition) is 5. The molecular formula is C11H18N4O3. The Morgan fingerprint density at radius 2 is 2.22 bits per heavy atom. The molecule has 1 heterocycles. The summed E-state index contributed by atoms with van der Waals surface area (Å²) < 4.78 is 0. The molecule has 1 aromatic heterocycles. The summed E-state index contributed by atoms with van der Waals surface area (Å²) in [4.78, 5) is 24.3. The summed E-state index contributed by atoms with van der Waals surface area (Å²) in [5.41, 5.74) is -1.29. The molecule has 18 heavy (non-hydrogen) atoms. The Bertz CT molecular complexity index is 447. The third-order valence-corrected chi connectivity index (χ3v) is 2.20. The van der Waals surface area contributed by atoms with Crippen LogP contribution in [0, 0.1) is 0 Å². The van der Waals surface area contributed by atoms with Crippen molar-refractivity contribution >= 4 is 5.91 Å². The Kier molecular flexibility index (Phi) is 4.57. The van der Waals surface area contributed by atoms with Crippen LogP contribution in [0.4, 0.5) is 0 Å². The second kappa shape index (κ2) is 5.74. The second-order valence-electron chi connectivity index (χ2n) is 4.72. The summed E-state index contributed by atoms with van der Waals surface area (Å²) in [6.45, 7) is 2.16. The molecule has 1 aromatic rings. The highest BCUT2D eigenvalue weighted by Gasteiger charge is 2.22. The first-order valence-electron chi connectivity index (χ1n) is 5.51. The first-order valence-corrected chi connectivity index (χ1v) is 5.51. The molecule has 0 saturated heterocycles. The highest BCUT2D eigenvalue weighted by atomic mass is 16.3. The van der Waals surface area contributed by atoms with E-state index >= 15 is 0 Å². The largest absolute Gasteiger partial charge is 0.387 e. The molecule has 1 rings (SSSR count). The lowest BCUT2D eigenvalue weighted by Crippen LogP contribution is -2.47. The third-order valence-electron chi connectivity index (χ3n) is 2.20. The van der Waals surface area contributed by atoms with Crippen LogP contribution in [0.3, 0.4) is 0 Å². The number of aromatic amines is 1. The highest BCUT2D eigenvalue weighted by molar-refractivity contribution is 5.91. The molecule has 1 unspecified atom stereocenters. The fraction of sp³-hybridized carbons (Fsp3) is 0.545. The van der Waals surface area contributed by atoms with Gasteiger partial charge in [-0.1, -0.05) is 0 Å². The summed E-state index contributed by atoms with van der Waals surface area (Å²) in [6.07, 6.45) is 0. The number of hydrogen-bond donors (Lipinski definition) is 3. The van der Waals surface area contributed by atoms with Gasteiger partial charge >= 0.3 is 0 Å². The molecule has 0 saturated carbocycles. The Morgan fingerprint density at radius 3 is 2.72 bits per heavy atom. The van der Waals surface area contributed by atoms with Crippen molar-refractivity contribution in [3.8, 4) is 0 Å². The van der Waals surface area contributed by atoms with E-state index in [4.69, 9.17) is 0 Å². The summed E-state index contributed by atoms with van der Waals surface area (Å²) >= 11 is 0. The van der Waals surface area contributed by atoms with Gasteiger partial charge in [-0.2, -0.15) is 5.10 Å². The zero-order valence-corrected chi connectivity index (χ0v) is 10.7. The third kappa shape index (κ3) is 4.64. The van der Waals surface area contributed by atoms with Crippen LogP contribution in [0.5, 0.6) is 0 Å². The van der Waals surface area contributed by atoms with E-state index in [0.717, 1.165) is 0 Å². The van der Waals surface area contributed by atoms with E-state index in [0.29, 0.717) is 6.54 Å². The van der Waals surface area contributed by atoms with E-state index in [9.17, 15) is 14.7 Å². The number of nitrogens with one attached hydrogen (secondary N) is 2. The van der Waals surface area contributed by atoms with Crippen LogP contribution in [0.1, 0.15) is 17.4 Å². The summed E-state index contributed by atoms with van der Waals surface area (Å²) in [6, 6.07) is 2.55. The SMILES string of the molecule is CN(C)CC(C)(O)CNC(=O)c1ccc(=O)[nH]n1. The van der Waals surface area contributed by atoms with Crippen molar-refractivity contribution in [3.63, 3.8) is 0 Å². The molecule has 7 heteroatoms. The minimum Gasteiger partial charge on any atom is -0.387 e. The Labute approximate surface area is 105 Å². The van der Waals surface area contributed by atoms with Crippen molar-refractivity contribution in [2.24, 2.45) is 0 Å². The summed E-state index contributed by atoms with van der Waals surface area (Å²) in [5, 5.41) is 18.3. The highest BCUT2D eigenvalue weighted by Crippen LogP contribution is 2.03. The summed E-state index contributed by atoms with van der Waals surface area (Å²) in [5.74, 6) is -0.440. The van der Waals surface area contributed by atoms with Crippen molar-refractivity contribution in [1.29, 1.82) is 0 Å². The van der Waals surface area contributed by atoms with E-state index in [-0.39, 0.29) is 17.8 Å². The van der Waals surface area contributed by atoms with Gasteiger partial charge in [0, 0.05) is 19.2 Å². The van der Waals surface area contributed by atoms with E-state index in [1.54, 1.807) is 6.92 Å². The molecule has 0 aliphatic heterocycles. The monoisotopic (exact) mass is 254 g/mol. The minimum atomic E-state index is -1.03. The average Bonchev–Trinajstić information content (AvgIpc) is 2.25. The fourth-order valence-electron chi connectivity index (χ4n) is 1.57. The quantitative estimate of drug-likeness (QED) is 0.614. The molecule has 0 spiro atoms. The number of carbonyl (C=O) groups is 1. The van der Waals surface area contributed by atoms with E-state index in [1.165, 1.54) is 12.1 Å². The molecule has 1 atom stereocenters. The van der Waals surface area contributed by atoms with Gasteiger partial charge in [0.25, 0.3) is 11.5 Å². The molecule has 0 fully saturated rings. The molecule has 0 aliphatic carbocycles. The topological polar surface area (TPSA) is 98.3 Å². The van der Waals surface area contributed by atoms with Gasteiger partial charge in [0.2, 0.25) is 0 Å². The second-order valence-corrected chi connectivity index (χ2v) is 4.72. The van der Waals surface area contributed by atoms with Crippen molar-refractivity contribution < 1.29 is 9.90 Å². The molecule has 7 nitrogen and oxygen atoms in total. The molecule has 0 radical (unpaired) electrons. The lowest BCUT2D eigenvalue weighted by molar-refractivity contribution is 0.0325. The van der Waals surface area contributed by atoms with Gasteiger partial charge in [0.15, 0.2) is 0 Å². The maximum atomic E-state index is 11.7. The predicted molar refractivity (Wildman–Crippen MR) is 66.4 cm³/mol. The van der Waals surface area contributed by atoms with Gasteiger partial charge in [-0.15, -0.1) is 0 Å². The number of carbonyl (C=O) groups excluding carboxylic acids is 1.